The first-order valence-electron chi connectivity index (χ1n) is 6.64. The summed E-state index contributed by atoms with van der Waals surface area (Å²) < 4.78 is 7.10. The van der Waals surface area contributed by atoms with Crippen LogP contribution >= 0.6 is 0 Å². The third-order valence-corrected chi connectivity index (χ3v) is 3.22. The van der Waals surface area contributed by atoms with Crippen LogP contribution in [0.4, 0.5) is 0 Å². The molecule has 0 unspecified atom stereocenters. The first-order valence-corrected chi connectivity index (χ1v) is 6.64. The van der Waals surface area contributed by atoms with E-state index in [0.29, 0.717) is 6.54 Å². The quantitative estimate of drug-likeness (QED) is 0.747. The molecule has 3 aromatic rings. The molecule has 21 heavy (non-hydrogen) atoms. The summed E-state index contributed by atoms with van der Waals surface area (Å²) >= 11 is 0. The third-order valence-electron chi connectivity index (χ3n) is 3.22. The van der Waals surface area contributed by atoms with Gasteiger partial charge in [-0.15, -0.1) is 0 Å². The highest BCUT2D eigenvalue weighted by Crippen LogP contribution is 2.14. The lowest BCUT2D eigenvalue weighted by Gasteiger charge is -1.99. The fraction of sp³-hybridized carbons (Fsp3) is 0.125. The van der Waals surface area contributed by atoms with Crippen LogP contribution in [0.25, 0.3) is 17.1 Å². The van der Waals surface area contributed by atoms with Crippen molar-refractivity contribution in [1.29, 1.82) is 0 Å². The summed E-state index contributed by atoms with van der Waals surface area (Å²) in [7, 11) is 1.93. The summed E-state index contributed by atoms with van der Waals surface area (Å²) in [5.74, 6) is 1.28. The highest BCUT2D eigenvalue weighted by atomic mass is 16.3. The number of hydrogen-bond acceptors (Lipinski definition) is 3. The van der Waals surface area contributed by atoms with Gasteiger partial charge in [-0.05, 0) is 30.3 Å². The molecular formula is C16H15N3O2. The van der Waals surface area contributed by atoms with Crippen molar-refractivity contribution in [2.45, 2.75) is 6.54 Å². The standard InChI is InChI=1S/C16H15N3O2/c1-19-14-7-3-2-6-13(14)18-15(19)8-9-16(20)17-11-12-5-4-10-21-12/h2-10H,11H2,1H3,(H,17,20)/b9-8+. The number of nitrogens with zero attached hydrogens (tertiary/aromatic N) is 2. The molecule has 1 aromatic carbocycles. The molecule has 0 aliphatic carbocycles. The van der Waals surface area contributed by atoms with Gasteiger partial charge in [-0.25, -0.2) is 4.98 Å². The predicted molar refractivity (Wildman–Crippen MR) is 80.3 cm³/mol. The van der Waals surface area contributed by atoms with Crippen LogP contribution in [0.15, 0.2) is 53.2 Å². The number of nitrogens with one attached hydrogen (secondary N) is 1. The van der Waals surface area contributed by atoms with E-state index >= 15 is 0 Å². The molecule has 0 aliphatic rings. The zero-order chi connectivity index (χ0) is 14.7. The second-order valence-corrected chi connectivity index (χ2v) is 4.65. The van der Waals surface area contributed by atoms with E-state index in [9.17, 15) is 4.79 Å². The monoisotopic (exact) mass is 281 g/mol. The Hall–Kier alpha value is -2.82. The van der Waals surface area contributed by atoms with Crippen molar-refractivity contribution >= 4 is 23.0 Å². The average molecular weight is 281 g/mol. The molecule has 0 saturated heterocycles. The Bertz CT molecular complexity index is 785. The van der Waals surface area contributed by atoms with Crippen LogP contribution in [0.3, 0.4) is 0 Å². The molecule has 1 N–H and O–H groups in total. The number of aromatic nitrogens is 2. The van der Waals surface area contributed by atoms with Crippen molar-refractivity contribution < 1.29 is 9.21 Å². The molecule has 0 atom stereocenters. The summed E-state index contributed by atoms with van der Waals surface area (Å²) in [5.41, 5.74) is 1.95. The van der Waals surface area contributed by atoms with Crippen molar-refractivity contribution in [2.24, 2.45) is 7.05 Å². The number of imidazole rings is 1. The average Bonchev–Trinajstić information content (AvgIpc) is 3.12. The minimum absolute atomic E-state index is 0.182. The summed E-state index contributed by atoms with van der Waals surface area (Å²) in [4.78, 5) is 16.2. The maximum Gasteiger partial charge on any atom is 0.244 e. The predicted octanol–water partition coefficient (Wildman–Crippen LogP) is 2.50. The Labute approximate surface area is 121 Å². The maximum absolute atomic E-state index is 11.8. The Morgan fingerprint density at radius 1 is 1.33 bits per heavy atom. The normalized spacial score (nSPS) is 11.3. The van der Waals surface area contributed by atoms with Gasteiger partial charge < -0.3 is 14.3 Å². The van der Waals surface area contributed by atoms with Crippen LogP contribution in [-0.4, -0.2) is 15.5 Å². The smallest absolute Gasteiger partial charge is 0.244 e. The minimum atomic E-state index is -0.182. The molecule has 2 aromatic heterocycles. The number of carbonyl (C=O) groups excluding carboxylic acids is 1. The number of rotatable bonds is 4. The van der Waals surface area contributed by atoms with E-state index in [-0.39, 0.29) is 5.91 Å². The van der Waals surface area contributed by atoms with Gasteiger partial charge >= 0.3 is 0 Å². The van der Waals surface area contributed by atoms with Crippen LogP contribution in [0.1, 0.15) is 11.6 Å². The fourth-order valence-corrected chi connectivity index (χ4v) is 2.11. The first-order chi connectivity index (χ1) is 10.2. The molecule has 0 radical (unpaired) electrons. The molecule has 5 nitrogen and oxygen atoms in total. The van der Waals surface area contributed by atoms with Crippen molar-refractivity contribution in [3.8, 4) is 0 Å². The highest BCUT2D eigenvalue weighted by Gasteiger charge is 2.04. The number of para-hydroxylation sites is 2. The lowest BCUT2D eigenvalue weighted by Crippen LogP contribution is -2.19. The van der Waals surface area contributed by atoms with Crippen LogP contribution in [0.2, 0.25) is 0 Å². The van der Waals surface area contributed by atoms with E-state index in [1.54, 1.807) is 18.4 Å². The minimum Gasteiger partial charge on any atom is -0.467 e. The molecule has 2 heterocycles. The second-order valence-electron chi connectivity index (χ2n) is 4.65. The number of fused-ring (bicyclic) bond motifs is 1. The lowest BCUT2D eigenvalue weighted by atomic mass is 10.3. The SMILES string of the molecule is Cn1c(/C=C/C(=O)NCc2ccco2)nc2ccccc21. The second kappa shape index (κ2) is 5.66. The Kier molecular flexibility index (Phi) is 3.55. The lowest BCUT2D eigenvalue weighted by molar-refractivity contribution is -0.116. The van der Waals surface area contributed by atoms with E-state index in [4.69, 9.17) is 4.42 Å². The van der Waals surface area contributed by atoms with E-state index in [1.165, 1.54) is 6.08 Å². The van der Waals surface area contributed by atoms with Gasteiger partial charge in [0, 0.05) is 13.1 Å². The Morgan fingerprint density at radius 2 is 2.19 bits per heavy atom. The Morgan fingerprint density at radius 3 is 2.95 bits per heavy atom. The van der Waals surface area contributed by atoms with Crippen molar-refractivity contribution in [3.05, 3.63) is 60.3 Å². The largest absolute Gasteiger partial charge is 0.467 e. The van der Waals surface area contributed by atoms with Gasteiger partial charge in [0.25, 0.3) is 0 Å². The number of amides is 1. The van der Waals surface area contributed by atoms with Crippen LogP contribution < -0.4 is 5.32 Å². The van der Waals surface area contributed by atoms with Crippen molar-refractivity contribution in [2.75, 3.05) is 0 Å². The van der Waals surface area contributed by atoms with E-state index in [1.807, 2.05) is 41.9 Å². The van der Waals surface area contributed by atoms with Crippen LogP contribution in [0.5, 0.6) is 0 Å². The summed E-state index contributed by atoms with van der Waals surface area (Å²) in [6, 6.07) is 11.5. The third kappa shape index (κ3) is 2.86. The van der Waals surface area contributed by atoms with E-state index in [2.05, 4.69) is 10.3 Å². The summed E-state index contributed by atoms with van der Waals surface area (Å²) in [6.45, 7) is 0.374. The van der Waals surface area contributed by atoms with Gasteiger partial charge in [0.05, 0.1) is 23.8 Å². The van der Waals surface area contributed by atoms with Crippen LogP contribution in [-0.2, 0) is 18.4 Å². The van der Waals surface area contributed by atoms with E-state index < -0.39 is 0 Å². The molecule has 106 valence electrons. The molecule has 0 fully saturated rings. The van der Waals surface area contributed by atoms with E-state index in [0.717, 1.165) is 22.6 Å². The molecule has 0 bridgehead atoms. The van der Waals surface area contributed by atoms with Gasteiger partial charge in [0.1, 0.15) is 11.6 Å². The molecule has 5 heteroatoms. The zero-order valence-electron chi connectivity index (χ0n) is 11.6. The van der Waals surface area contributed by atoms with Gasteiger partial charge in [0.15, 0.2) is 0 Å². The number of hydrogen-bond donors (Lipinski definition) is 1. The molecule has 0 saturated carbocycles. The number of benzene rings is 1. The highest BCUT2D eigenvalue weighted by molar-refractivity contribution is 5.91. The number of carbonyl (C=O) groups is 1. The van der Waals surface area contributed by atoms with Gasteiger partial charge in [-0.1, -0.05) is 12.1 Å². The Balaban J connectivity index is 1.69. The van der Waals surface area contributed by atoms with Gasteiger partial charge in [-0.2, -0.15) is 0 Å². The van der Waals surface area contributed by atoms with Crippen LogP contribution in [0, 0.1) is 0 Å². The molecular weight excluding hydrogens is 266 g/mol. The zero-order valence-corrected chi connectivity index (χ0v) is 11.6. The number of furan rings is 1. The maximum atomic E-state index is 11.8. The van der Waals surface area contributed by atoms with Gasteiger partial charge in [0.2, 0.25) is 5.91 Å². The fourth-order valence-electron chi connectivity index (χ4n) is 2.11. The summed E-state index contributed by atoms with van der Waals surface area (Å²) in [6.07, 6.45) is 4.76. The van der Waals surface area contributed by atoms with Gasteiger partial charge in [-0.3, -0.25) is 4.79 Å². The van der Waals surface area contributed by atoms with Crippen molar-refractivity contribution in [1.82, 2.24) is 14.9 Å². The molecule has 0 spiro atoms. The number of aryl methyl sites for hydroxylation is 1. The topological polar surface area (TPSA) is 60.1 Å². The molecule has 0 aliphatic heterocycles. The summed E-state index contributed by atoms with van der Waals surface area (Å²) in [5, 5.41) is 2.75. The molecule has 3 rings (SSSR count). The first kappa shape index (κ1) is 13.2. The van der Waals surface area contributed by atoms with Crippen molar-refractivity contribution in [3.63, 3.8) is 0 Å². The molecule has 1 amide bonds.